The van der Waals surface area contributed by atoms with Crippen LogP contribution < -0.4 is 11.3 Å². The smallest absolute Gasteiger partial charge is 0.325 e. The minimum Gasteiger partial charge on any atom is -0.394 e. The molecule has 4 N–H and O–H groups in total. The Kier molecular flexibility index (Phi) is 13.0. The number of aromatic nitrogens is 9. The molecule has 9 aromatic rings. The summed E-state index contributed by atoms with van der Waals surface area (Å²) in [6.45, 7) is -4.66. The summed E-state index contributed by atoms with van der Waals surface area (Å²) < 4.78 is 48.3. The molecule has 1 unspecified atom stereocenters. The number of alkyl halides is 1. The number of nitrogens with zero attached hydrogens (tertiary/aromatic N) is 10. The van der Waals surface area contributed by atoms with Crippen molar-refractivity contribution >= 4 is 58.1 Å². The molecule has 23 heteroatoms. The number of aliphatic hydroxyl groups excluding tert-OH is 1. The number of anilines is 1. The fourth-order valence-electron chi connectivity index (χ4n) is 10.1. The van der Waals surface area contributed by atoms with Crippen molar-refractivity contribution in [3.8, 4) is 0 Å². The van der Waals surface area contributed by atoms with Crippen molar-refractivity contribution in [1.82, 2.24) is 43.0 Å². The van der Waals surface area contributed by atoms with Crippen molar-refractivity contribution < 1.29 is 37.8 Å². The van der Waals surface area contributed by atoms with Crippen molar-refractivity contribution in [3.05, 3.63) is 189 Å². The number of ether oxygens (including phenoxy) is 2. The number of nitro benzene ring substituents is 1. The van der Waals surface area contributed by atoms with E-state index in [1.807, 2.05) is 95.6 Å². The van der Waals surface area contributed by atoms with Gasteiger partial charge in [-0.25, -0.2) is 28.7 Å². The molecule has 1 saturated heterocycles. The van der Waals surface area contributed by atoms with E-state index >= 15 is 4.39 Å². The van der Waals surface area contributed by atoms with E-state index in [0.29, 0.717) is 30.6 Å². The normalized spacial score (nSPS) is 21.9. The van der Waals surface area contributed by atoms with Gasteiger partial charge in [-0.3, -0.25) is 24.0 Å². The van der Waals surface area contributed by atoms with E-state index in [-0.39, 0.29) is 59.5 Å². The molecule has 0 amide bonds. The van der Waals surface area contributed by atoms with Crippen LogP contribution in [0.2, 0.25) is 0 Å². The molecule has 5 aromatic heterocycles. The molecule has 1 aliphatic heterocycles. The third kappa shape index (κ3) is 8.88. The lowest BCUT2D eigenvalue weighted by molar-refractivity contribution is -0.384. The lowest BCUT2D eigenvalue weighted by Gasteiger charge is -2.47. The van der Waals surface area contributed by atoms with Crippen LogP contribution in [0.25, 0.3) is 28.1 Å². The number of fused-ring (bicyclic) bond motifs is 3. The molecule has 11 rings (SSSR count). The Bertz CT molecular complexity index is 3450. The van der Waals surface area contributed by atoms with E-state index in [2.05, 4.69) is 19.9 Å². The molecule has 6 heterocycles. The van der Waals surface area contributed by atoms with Crippen LogP contribution in [0.4, 0.5) is 15.9 Å². The number of hydrogen-bond acceptors (Lipinski definition) is 15. The zero-order valence-corrected chi connectivity index (χ0v) is 40.4. The molecule has 1 saturated carbocycles. The summed E-state index contributed by atoms with van der Waals surface area (Å²) in [5, 5.41) is 21.4. The number of hydrogen-bond donors (Lipinski definition) is 3. The molecular formula is C50H47FN11O9PS. The fraction of sp³-hybridized carbons (Fsp3) is 0.280. The average Bonchev–Trinajstić information content (AvgIpc) is 4.21. The van der Waals surface area contributed by atoms with Crippen LogP contribution in [0.15, 0.2) is 151 Å². The van der Waals surface area contributed by atoms with Crippen molar-refractivity contribution in [2.24, 2.45) is 11.8 Å². The highest BCUT2D eigenvalue weighted by Crippen LogP contribution is 2.54. The van der Waals surface area contributed by atoms with Gasteiger partial charge in [-0.15, -0.1) is 0 Å². The minimum absolute atomic E-state index is 0.0248. The van der Waals surface area contributed by atoms with Crippen LogP contribution in [0.1, 0.15) is 40.9 Å². The van der Waals surface area contributed by atoms with Crippen LogP contribution in [0.3, 0.4) is 0 Å². The standard InChI is InChI=1S/C50H47FN11O9PS/c51-40-39(25-63)70-48(61-30-56-42-46(61)57-49-58(22-23-59(49)47(42)64)21-20-31-16-18-36(19-17-31)62(65)66)43(40)71-72(67,73)69-26-32-24-38(60-29-55-41-44(52)53-28-54-45(41)60)37(32)27-68-50(33-10-4-1-5-11-33,34-12-6-2-7-13-34)35-14-8-3-9-15-35/h1-19,22-23,28-30,32,37-40,43,48,63H,20-21,24-27H2,(H,67,73)(H2,52,53,54)/t32-,37-,38-,39-,40-,43-,48-,72?/m1/s1. The number of aliphatic hydroxyl groups is 1. The predicted molar refractivity (Wildman–Crippen MR) is 268 cm³/mol. The number of imidazole rings is 3. The Balaban J connectivity index is 0.869. The molecule has 0 radical (unpaired) electrons. The highest BCUT2D eigenvalue weighted by atomic mass is 32.5. The second-order valence-electron chi connectivity index (χ2n) is 18.0. The molecule has 4 aromatic carbocycles. The molecule has 1 aliphatic carbocycles. The van der Waals surface area contributed by atoms with Crippen LogP contribution in [-0.4, -0.2) is 96.1 Å². The summed E-state index contributed by atoms with van der Waals surface area (Å²) in [5.41, 5.74) is 9.11. The molecular weight excluding hydrogens is 981 g/mol. The van der Waals surface area contributed by atoms with Gasteiger partial charge >= 0.3 is 6.72 Å². The van der Waals surface area contributed by atoms with E-state index in [0.717, 1.165) is 22.3 Å². The third-order valence-electron chi connectivity index (χ3n) is 13.9. The predicted octanol–water partition coefficient (Wildman–Crippen LogP) is 6.45. The molecule has 374 valence electrons. The van der Waals surface area contributed by atoms with Gasteiger partial charge in [0, 0.05) is 43.0 Å². The summed E-state index contributed by atoms with van der Waals surface area (Å²) in [6.07, 6.45) is 2.03. The summed E-state index contributed by atoms with van der Waals surface area (Å²) in [5.74, 6) is -0.133. The Labute approximate surface area is 419 Å². The quantitative estimate of drug-likeness (QED) is 0.0362. The van der Waals surface area contributed by atoms with E-state index < -0.39 is 54.0 Å². The number of aryl methyl sites for hydroxylation is 2. The number of rotatable bonds is 18. The first-order chi connectivity index (χ1) is 35.4. The lowest BCUT2D eigenvalue weighted by Crippen LogP contribution is -2.46. The second kappa shape index (κ2) is 19.7. The van der Waals surface area contributed by atoms with E-state index in [1.54, 1.807) is 35.4 Å². The summed E-state index contributed by atoms with van der Waals surface area (Å²) in [7, 11) is 0. The fourth-order valence-corrected chi connectivity index (χ4v) is 11.6. The van der Waals surface area contributed by atoms with Crippen molar-refractivity contribution in [2.45, 2.75) is 55.6 Å². The topological polar surface area (TPSA) is 247 Å². The van der Waals surface area contributed by atoms with Crippen LogP contribution >= 0.6 is 6.72 Å². The number of halogens is 1. The second-order valence-corrected chi connectivity index (χ2v) is 20.8. The molecule has 2 aliphatic rings. The SMILES string of the molecule is Nc1ncnc2c1ncn2[C@@H]1C[C@H](COP(O)(=S)O[C@@H]2[C@H](F)[C@@H](CO)O[C@H]2n2cnc3c(=O)n4ccn(CCc5ccc([N+](=O)[O-])cc5)c4nc32)[C@H]1COC(c1ccccc1)(c1ccccc1)c1ccccc1. The van der Waals surface area contributed by atoms with Crippen molar-refractivity contribution in [2.75, 3.05) is 25.6 Å². The molecule has 0 bridgehead atoms. The Morgan fingerprint density at radius 3 is 2.15 bits per heavy atom. The van der Waals surface area contributed by atoms with Crippen molar-refractivity contribution in [3.63, 3.8) is 0 Å². The van der Waals surface area contributed by atoms with Gasteiger partial charge < -0.3 is 38.9 Å². The maximum atomic E-state index is 16.4. The number of nitro groups is 1. The van der Waals surface area contributed by atoms with Crippen LogP contribution in [0, 0.1) is 22.0 Å². The lowest BCUT2D eigenvalue weighted by atomic mass is 9.69. The van der Waals surface area contributed by atoms with Gasteiger partial charge in [0.05, 0.1) is 37.4 Å². The molecule has 73 heavy (non-hydrogen) atoms. The average molecular weight is 1030 g/mol. The van der Waals surface area contributed by atoms with Crippen LogP contribution in [0.5, 0.6) is 0 Å². The van der Waals surface area contributed by atoms with E-state index in [9.17, 15) is 24.9 Å². The molecule has 8 atom stereocenters. The minimum atomic E-state index is -4.32. The van der Waals surface area contributed by atoms with Gasteiger partial charge in [-0.2, -0.15) is 4.98 Å². The van der Waals surface area contributed by atoms with Gasteiger partial charge in [0.1, 0.15) is 29.7 Å². The Hall–Kier alpha value is -7.14. The van der Waals surface area contributed by atoms with Gasteiger partial charge in [0.25, 0.3) is 11.2 Å². The molecule has 2 fully saturated rings. The first-order valence-electron chi connectivity index (χ1n) is 23.4. The third-order valence-corrected chi connectivity index (χ3v) is 15.5. The Morgan fingerprint density at radius 1 is 0.863 bits per heavy atom. The molecule has 20 nitrogen and oxygen atoms in total. The summed E-state index contributed by atoms with van der Waals surface area (Å²) >= 11 is 5.63. The Morgan fingerprint density at radius 2 is 1.51 bits per heavy atom. The number of nitrogens with two attached hydrogens (primary N) is 1. The molecule has 0 spiro atoms. The van der Waals surface area contributed by atoms with Gasteiger partial charge in [-0.1, -0.05) is 103 Å². The highest BCUT2D eigenvalue weighted by Gasteiger charge is 2.51. The van der Waals surface area contributed by atoms with Crippen LogP contribution in [-0.2, 0) is 48.9 Å². The maximum absolute atomic E-state index is 16.4. The number of nitrogen functional groups attached to an aromatic ring is 1. The summed E-state index contributed by atoms with van der Waals surface area (Å²) in [6, 6.07) is 35.8. The highest BCUT2D eigenvalue weighted by molar-refractivity contribution is 8.07. The van der Waals surface area contributed by atoms with Gasteiger partial charge in [0.2, 0.25) is 5.78 Å². The van der Waals surface area contributed by atoms with Gasteiger partial charge in [-0.05, 0) is 52.8 Å². The summed E-state index contributed by atoms with van der Waals surface area (Å²) in [4.78, 5) is 58.6. The first-order valence-corrected chi connectivity index (χ1v) is 26.0. The van der Waals surface area contributed by atoms with Gasteiger partial charge in [0.15, 0.2) is 35.0 Å². The van der Waals surface area contributed by atoms with Crippen molar-refractivity contribution in [1.29, 1.82) is 0 Å². The maximum Gasteiger partial charge on any atom is 0.325 e. The number of non-ortho nitro benzene ring substituents is 1. The number of benzene rings is 4. The largest absolute Gasteiger partial charge is 0.394 e. The zero-order chi connectivity index (χ0) is 50.4. The van der Waals surface area contributed by atoms with E-state index in [1.165, 1.54) is 33.8 Å². The van der Waals surface area contributed by atoms with E-state index in [4.69, 9.17) is 41.0 Å². The zero-order valence-electron chi connectivity index (χ0n) is 38.7. The monoisotopic (exact) mass is 1030 g/mol. The first kappa shape index (κ1) is 48.1.